The van der Waals surface area contributed by atoms with Gasteiger partial charge in [0.25, 0.3) is 0 Å². The molecule has 1 aromatic rings. The highest BCUT2D eigenvalue weighted by Gasteiger charge is 2.33. The van der Waals surface area contributed by atoms with Crippen molar-refractivity contribution in [1.29, 1.82) is 0 Å². The van der Waals surface area contributed by atoms with Gasteiger partial charge in [-0.05, 0) is 12.8 Å². The molecule has 10 heteroatoms. The molecule has 0 aromatic carbocycles. The maximum absolute atomic E-state index is 11.0. The molecule has 1 fully saturated rings. The number of hydrogen-bond acceptors (Lipinski definition) is 6. The SMILES string of the molecule is Cn1ncc([N+](=O)[O-])c1C1CCC(NC(=O)O)[C@H](O)CO1. The fourth-order valence-corrected chi connectivity index (χ4v) is 2.43. The van der Waals surface area contributed by atoms with Gasteiger partial charge >= 0.3 is 11.8 Å². The first-order valence-electron chi connectivity index (χ1n) is 6.35. The van der Waals surface area contributed by atoms with Crippen molar-refractivity contribution < 1.29 is 24.7 Å². The van der Waals surface area contributed by atoms with Gasteiger partial charge in [-0.25, -0.2) is 4.79 Å². The fraction of sp³-hybridized carbons (Fsp3) is 0.636. The normalized spacial score (nSPS) is 26.1. The van der Waals surface area contributed by atoms with Gasteiger partial charge in [0.2, 0.25) is 0 Å². The number of carboxylic acid groups (broad SMARTS) is 1. The van der Waals surface area contributed by atoms with Crippen molar-refractivity contribution in [2.75, 3.05) is 6.61 Å². The van der Waals surface area contributed by atoms with Crippen LogP contribution in [-0.4, -0.2) is 49.8 Å². The van der Waals surface area contributed by atoms with Crippen molar-refractivity contribution in [1.82, 2.24) is 15.1 Å². The highest BCUT2D eigenvalue weighted by atomic mass is 16.6. The van der Waals surface area contributed by atoms with E-state index in [0.29, 0.717) is 18.5 Å². The number of hydrogen-bond donors (Lipinski definition) is 3. The second-order valence-electron chi connectivity index (χ2n) is 4.82. The van der Waals surface area contributed by atoms with E-state index in [2.05, 4.69) is 10.4 Å². The summed E-state index contributed by atoms with van der Waals surface area (Å²) in [5.41, 5.74) is 0.157. The Kier molecular flexibility index (Phi) is 4.38. The second-order valence-corrected chi connectivity index (χ2v) is 4.82. The number of nitrogens with zero attached hydrogens (tertiary/aromatic N) is 3. The molecule has 0 bridgehead atoms. The number of aromatic nitrogens is 2. The van der Waals surface area contributed by atoms with Gasteiger partial charge in [0.1, 0.15) is 18.0 Å². The van der Waals surface area contributed by atoms with Gasteiger partial charge < -0.3 is 20.3 Å². The van der Waals surface area contributed by atoms with E-state index >= 15 is 0 Å². The number of aliphatic hydroxyl groups is 1. The average molecular weight is 300 g/mol. The Labute approximate surface area is 119 Å². The van der Waals surface area contributed by atoms with Crippen LogP contribution in [0.25, 0.3) is 0 Å². The summed E-state index contributed by atoms with van der Waals surface area (Å²) in [4.78, 5) is 21.1. The van der Waals surface area contributed by atoms with Crippen LogP contribution in [0.3, 0.4) is 0 Å². The molecule has 3 atom stereocenters. The van der Waals surface area contributed by atoms with E-state index < -0.39 is 29.3 Å². The molecule has 1 amide bonds. The molecule has 2 rings (SSSR count). The van der Waals surface area contributed by atoms with E-state index in [1.807, 2.05) is 0 Å². The van der Waals surface area contributed by atoms with Crippen LogP contribution < -0.4 is 5.32 Å². The lowest BCUT2D eigenvalue weighted by Gasteiger charge is -2.18. The standard InChI is InChI=1S/C11H16N4O6/c1-14-10(7(4-12-14)15(19)20)9-3-2-6(13-11(17)18)8(16)5-21-9/h4,6,8-9,13,16H,2-3,5H2,1H3,(H,17,18)/t6?,8-,9?/m1/s1. The summed E-state index contributed by atoms with van der Waals surface area (Å²) in [7, 11) is 1.57. The summed E-state index contributed by atoms with van der Waals surface area (Å²) in [6.07, 6.45) is -1.06. The molecule has 10 nitrogen and oxygen atoms in total. The maximum Gasteiger partial charge on any atom is 0.404 e. The minimum Gasteiger partial charge on any atom is -0.465 e. The number of nitro groups is 1. The Balaban J connectivity index is 2.18. The van der Waals surface area contributed by atoms with Crippen LogP contribution in [0.2, 0.25) is 0 Å². The quantitative estimate of drug-likeness (QED) is 0.534. The Morgan fingerprint density at radius 1 is 1.62 bits per heavy atom. The summed E-state index contributed by atoms with van der Waals surface area (Å²) in [6, 6.07) is -0.667. The van der Waals surface area contributed by atoms with Gasteiger partial charge in [-0.1, -0.05) is 0 Å². The molecule has 21 heavy (non-hydrogen) atoms. The Morgan fingerprint density at radius 2 is 2.33 bits per heavy atom. The molecule has 1 aliphatic rings. The highest BCUT2D eigenvalue weighted by molar-refractivity contribution is 5.64. The van der Waals surface area contributed by atoms with E-state index in [1.165, 1.54) is 4.68 Å². The summed E-state index contributed by atoms with van der Waals surface area (Å²) < 4.78 is 6.86. The fourth-order valence-electron chi connectivity index (χ4n) is 2.43. The van der Waals surface area contributed by atoms with Crippen LogP contribution >= 0.6 is 0 Å². The van der Waals surface area contributed by atoms with E-state index in [9.17, 15) is 20.0 Å². The molecule has 1 aliphatic heterocycles. The van der Waals surface area contributed by atoms with Crippen LogP contribution in [0.1, 0.15) is 24.6 Å². The first-order chi connectivity index (χ1) is 9.90. The first kappa shape index (κ1) is 15.2. The van der Waals surface area contributed by atoms with Gasteiger partial charge in [0.15, 0.2) is 0 Å². The topological polar surface area (TPSA) is 140 Å². The third kappa shape index (κ3) is 3.28. The second kappa shape index (κ2) is 6.06. The zero-order chi connectivity index (χ0) is 15.6. The number of rotatable bonds is 3. The van der Waals surface area contributed by atoms with Crippen molar-refractivity contribution >= 4 is 11.8 Å². The molecule has 2 heterocycles. The predicted octanol–water partition coefficient (Wildman–Crippen LogP) is 0.177. The minimum atomic E-state index is -1.23. The summed E-state index contributed by atoms with van der Waals surface area (Å²) in [5, 5.41) is 35.6. The predicted molar refractivity (Wildman–Crippen MR) is 68.7 cm³/mol. The van der Waals surface area contributed by atoms with E-state index in [-0.39, 0.29) is 12.3 Å². The van der Waals surface area contributed by atoms with Gasteiger partial charge in [0.05, 0.1) is 23.7 Å². The van der Waals surface area contributed by atoms with E-state index in [0.717, 1.165) is 6.20 Å². The van der Waals surface area contributed by atoms with Crippen molar-refractivity contribution in [2.24, 2.45) is 7.05 Å². The number of ether oxygens (including phenoxy) is 1. The molecule has 3 N–H and O–H groups in total. The molecular formula is C11H16N4O6. The van der Waals surface area contributed by atoms with Crippen molar-refractivity contribution in [3.63, 3.8) is 0 Å². The number of carbonyl (C=O) groups is 1. The van der Waals surface area contributed by atoms with Gasteiger partial charge in [-0.2, -0.15) is 5.10 Å². The molecule has 1 aromatic heterocycles. The monoisotopic (exact) mass is 300 g/mol. The first-order valence-corrected chi connectivity index (χ1v) is 6.35. The molecule has 0 aliphatic carbocycles. The third-order valence-corrected chi connectivity index (χ3v) is 3.45. The maximum atomic E-state index is 11.0. The van der Waals surface area contributed by atoms with Gasteiger partial charge in [-0.15, -0.1) is 0 Å². The molecular weight excluding hydrogens is 284 g/mol. The Hall–Kier alpha value is -2.20. The number of amides is 1. The zero-order valence-corrected chi connectivity index (χ0v) is 11.3. The van der Waals surface area contributed by atoms with Crippen LogP contribution in [0, 0.1) is 10.1 Å². The average Bonchev–Trinajstić information content (AvgIpc) is 2.70. The zero-order valence-electron chi connectivity index (χ0n) is 11.3. The molecule has 2 unspecified atom stereocenters. The minimum absolute atomic E-state index is 0.113. The summed E-state index contributed by atoms with van der Waals surface area (Å²) in [6.45, 7) is -0.113. The van der Waals surface area contributed by atoms with Crippen molar-refractivity contribution in [2.45, 2.75) is 31.1 Å². The van der Waals surface area contributed by atoms with Crippen LogP contribution in [-0.2, 0) is 11.8 Å². The molecule has 116 valence electrons. The van der Waals surface area contributed by atoms with Gasteiger partial charge in [0, 0.05) is 7.05 Å². The smallest absolute Gasteiger partial charge is 0.404 e. The number of aliphatic hydroxyl groups excluding tert-OH is 1. The number of nitrogens with one attached hydrogen (secondary N) is 1. The van der Waals surface area contributed by atoms with Crippen molar-refractivity contribution in [3.8, 4) is 0 Å². The summed E-state index contributed by atoms with van der Waals surface area (Å²) in [5.74, 6) is 0. The van der Waals surface area contributed by atoms with Gasteiger partial charge in [-0.3, -0.25) is 14.8 Å². The van der Waals surface area contributed by atoms with Crippen molar-refractivity contribution in [3.05, 3.63) is 22.0 Å². The van der Waals surface area contributed by atoms with Crippen LogP contribution in [0.5, 0.6) is 0 Å². The number of aryl methyl sites for hydroxylation is 1. The lowest BCUT2D eigenvalue weighted by molar-refractivity contribution is -0.386. The molecule has 0 radical (unpaired) electrons. The largest absolute Gasteiger partial charge is 0.465 e. The summed E-state index contributed by atoms with van der Waals surface area (Å²) >= 11 is 0. The third-order valence-electron chi connectivity index (χ3n) is 3.45. The Bertz CT molecular complexity index is 545. The lowest BCUT2D eigenvalue weighted by Crippen LogP contribution is -2.43. The molecule has 1 saturated heterocycles. The van der Waals surface area contributed by atoms with E-state index in [4.69, 9.17) is 9.84 Å². The van der Waals surface area contributed by atoms with E-state index in [1.54, 1.807) is 7.05 Å². The molecule has 0 spiro atoms. The molecule has 0 saturated carbocycles. The highest BCUT2D eigenvalue weighted by Crippen LogP contribution is 2.32. The van der Waals surface area contributed by atoms with Crippen LogP contribution in [0.15, 0.2) is 6.20 Å². The van der Waals surface area contributed by atoms with Crippen LogP contribution in [0.4, 0.5) is 10.5 Å². The Morgan fingerprint density at radius 3 is 2.95 bits per heavy atom. The lowest BCUT2D eigenvalue weighted by atomic mass is 10.0.